The van der Waals surface area contributed by atoms with Gasteiger partial charge in [-0.15, -0.1) is 16.9 Å². The van der Waals surface area contributed by atoms with E-state index in [-0.39, 0.29) is 53.9 Å². The molecule has 3 aromatic heterocycles. The van der Waals surface area contributed by atoms with E-state index < -0.39 is 66.9 Å². The van der Waals surface area contributed by atoms with E-state index >= 15 is 4.39 Å². The molecule has 4 aliphatic heterocycles. The molecule has 18 nitrogen and oxygen atoms in total. The summed E-state index contributed by atoms with van der Waals surface area (Å²) in [5.41, 5.74) is 5.37. The second-order valence-electron chi connectivity index (χ2n) is 10.1. The smallest absolute Gasteiger partial charge is 0.325 e. The van der Waals surface area contributed by atoms with Gasteiger partial charge in [-0.2, -0.15) is 9.67 Å². The molecular weight excluding hydrogens is 687 g/mol. The Morgan fingerprint density at radius 1 is 1.16 bits per heavy atom. The molecular formula is C20H22FN9O9P2S3. The number of carbonyl (C=O) groups is 1. The Kier molecular flexibility index (Phi) is 7.87. The molecule has 2 bridgehead atoms. The van der Waals surface area contributed by atoms with Crippen LogP contribution >= 0.6 is 25.2 Å². The van der Waals surface area contributed by atoms with Crippen LogP contribution in [0.25, 0.3) is 11.2 Å². The molecule has 0 amide bonds. The number of nitrogens with zero attached hydrogens (tertiary/aromatic N) is 7. The number of Topliss-reactive ketones (excluding diaryl/α,β-unsaturated/α-hetero) is 1. The van der Waals surface area contributed by atoms with Crippen molar-refractivity contribution in [1.82, 2.24) is 34.5 Å². The zero-order valence-corrected chi connectivity index (χ0v) is 26.2. The third kappa shape index (κ3) is 5.60. The van der Waals surface area contributed by atoms with Crippen LogP contribution in [-0.4, -0.2) is 99.2 Å². The van der Waals surface area contributed by atoms with E-state index in [0.717, 1.165) is 4.68 Å². The molecule has 0 spiro atoms. The highest BCUT2D eigenvalue weighted by Crippen LogP contribution is 2.56. The van der Waals surface area contributed by atoms with Gasteiger partial charge in [0.2, 0.25) is 5.95 Å². The Morgan fingerprint density at radius 3 is 2.75 bits per heavy atom. The van der Waals surface area contributed by atoms with Crippen molar-refractivity contribution in [3.8, 4) is 0 Å². The quantitative estimate of drug-likeness (QED) is 0.269. The highest BCUT2D eigenvalue weighted by Gasteiger charge is 2.52. The van der Waals surface area contributed by atoms with Gasteiger partial charge in [0.1, 0.15) is 17.6 Å². The van der Waals surface area contributed by atoms with E-state index in [1.54, 1.807) is 4.57 Å². The summed E-state index contributed by atoms with van der Waals surface area (Å²) in [6, 6.07) is 0. The van der Waals surface area contributed by atoms with E-state index in [0.29, 0.717) is 0 Å². The average Bonchev–Trinajstić information content (AvgIpc) is 3.72. The van der Waals surface area contributed by atoms with Gasteiger partial charge >= 0.3 is 13.4 Å². The molecule has 236 valence electrons. The maximum atomic E-state index is 16.0. The number of thioether (sulfide) groups is 1. The molecule has 4 aliphatic rings. The first kappa shape index (κ1) is 30.6. The number of hydrogen-bond donors (Lipinski definition) is 4. The van der Waals surface area contributed by atoms with Gasteiger partial charge < -0.3 is 33.8 Å². The summed E-state index contributed by atoms with van der Waals surface area (Å²) < 4.78 is 47.1. The summed E-state index contributed by atoms with van der Waals surface area (Å²) >= 11 is 11.8. The van der Waals surface area contributed by atoms with E-state index in [1.165, 1.54) is 24.3 Å². The number of alkyl halides is 1. The van der Waals surface area contributed by atoms with Crippen molar-refractivity contribution in [1.29, 1.82) is 0 Å². The van der Waals surface area contributed by atoms with Gasteiger partial charge in [-0.3, -0.25) is 23.7 Å². The van der Waals surface area contributed by atoms with E-state index in [2.05, 4.69) is 30.3 Å². The molecule has 24 heteroatoms. The first-order chi connectivity index (χ1) is 20.9. The summed E-state index contributed by atoms with van der Waals surface area (Å²) in [6.45, 7) is -8.82. The lowest BCUT2D eigenvalue weighted by atomic mass is 10.1. The van der Waals surface area contributed by atoms with Crippen molar-refractivity contribution in [3.63, 3.8) is 0 Å². The topological polar surface area (TPSA) is 236 Å². The number of aromatic nitrogens is 7. The maximum absolute atomic E-state index is 16.0. The van der Waals surface area contributed by atoms with E-state index in [1.807, 2.05) is 0 Å². The number of nitrogens with two attached hydrogens (primary N) is 1. The molecule has 7 heterocycles. The second-order valence-corrected chi connectivity index (χ2v) is 17.1. The number of ketones is 1. The Balaban J connectivity index is 1.18. The molecule has 9 atom stereocenters. The number of nitrogens with one attached hydrogen (secondary N) is 1. The predicted molar refractivity (Wildman–Crippen MR) is 158 cm³/mol. The summed E-state index contributed by atoms with van der Waals surface area (Å²) in [6.07, 6.45) is -4.22. The summed E-state index contributed by atoms with van der Waals surface area (Å²) in [4.78, 5) is 61.4. The standard InChI is InChI=1S/C20H22FN9O9P2S3/c21-11-14-10(37-18(11)30-15-12(27-28-30)8(31)1-2-23-15)5-36-40(33,42)38-9-3-7(4-35-41(34,43)39-14)44-19(9)29-6-24-13-16(29)25-20(22)26-17(13)32/h2,6-7,9-11,14,18-19H,1,3-5H2,(H,33,42)(H,34,43)(H3,22,25,26,32)/t7-,9+,10+,11-,14+,18+,19+,40?,41?/m0/s1. The van der Waals surface area contributed by atoms with Crippen LogP contribution in [0, 0.1) is 0 Å². The molecule has 3 fully saturated rings. The number of halogens is 1. The van der Waals surface area contributed by atoms with Crippen LogP contribution in [0.2, 0.25) is 0 Å². The average molecular weight is 710 g/mol. The number of hydrogen-bond acceptors (Lipinski definition) is 16. The first-order valence-corrected chi connectivity index (χ1v) is 19.0. The Morgan fingerprint density at radius 2 is 1.93 bits per heavy atom. The summed E-state index contributed by atoms with van der Waals surface area (Å²) in [7, 11) is 0. The predicted octanol–water partition coefficient (Wildman–Crippen LogP) is 0.773. The van der Waals surface area contributed by atoms with Crippen molar-refractivity contribution < 1.29 is 41.8 Å². The lowest BCUT2D eigenvalue weighted by Gasteiger charge is -2.27. The van der Waals surface area contributed by atoms with Gasteiger partial charge in [-0.05, 0) is 30.0 Å². The highest BCUT2D eigenvalue weighted by atomic mass is 32.5. The van der Waals surface area contributed by atoms with Crippen molar-refractivity contribution in [2.24, 2.45) is 4.99 Å². The molecule has 3 aromatic rings. The molecule has 7 rings (SSSR count). The van der Waals surface area contributed by atoms with Crippen LogP contribution in [0.5, 0.6) is 0 Å². The lowest BCUT2D eigenvalue weighted by Crippen LogP contribution is -2.34. The number of ether oxygens (including phenoxy) is 1. The van der Waals surface area contributed by atoms with Crippen LogP contribution in [0.1, 0.15) is 34.9 Å². The van der Waals surface area contributed by atoms with Gasteiger partial charge in [0, 0.05) is 17.9 Å². The van der Waals surface area contributed by atoms with Gasteiger partial charge in [-0.25, -0.2) is 14.4 Å². The third-order valence-corrected chi connectivity index (χ3v) is 11.8. The third-order valence-electron chi connectivity index (χ3n) is 7.15. The second kappa shape index (κ2) is 11.3. The summed E-state index contributed by atoms with van der Waals surface area (Å²) in [5.74, 6) is -0.487. The number of aliphatic imine (C=N–C) groups is 1. The number of nitrogen functional groups attached to an aromatic ring is 1. The van der Waals surface area contributed by atoms with Crippen molar-refractivity contribution in [3.05, 3.63) is 22.4 Å². The van der Waals surface area contributed by atoms with Crippen LogP contribution < -0.4 is 11.3 Å². The minimum atomic E-state index is -4.09. The van der Waals surface area contributed by atoms with Crippen LogP contribution in [0.3, 0.4) is 0 Å². The van der Waals surface area contributed by atoms with Gasteiger partial charge in [0.15, 0.2) is 40.9 Å². The molecule has 44 heavy (non-hydrogen) atoms. The lowest BCUT2D eigenvalue weighted by molar-refractivity contribution is -0.0496. The van der Waals surface area contributed by atoms with Gasteiger partial charge in [0.25, 0.3) is 5.56 Å². The fraction of sp³-hybridized carbons (Fsp3) is 0.550. The molecule has 5 N–H and O–H groups in total. The van der Waals surface area contributed by atoms with E-state index in [4.69, 9.17) is 52.2 Å². The van der Waals surface area contributed by atoms with Gasteiger partial charge in [-0.1, -0.05) is 5.21 Å². The number of aromatic amines is 1. The summed E-state index contributed by atoms with van der Waals surface area (Å²) in [5, 5.41) is 6.61. The van der Waals surface area contributed by atoms with Crippen molar-refractivity contribution in [2.75, 3.05) is 18.9 Å². The molecule has 0 radical (unpaired) electrons. The highest BCUT2D eigenvalue weighted by molar-refractivity contribution is 8.07. The van der Waals surface area contributed by atoms with Gasteiger partial charge in [0.05, 0.1) is 25.6 Å². The fourth-order valence-electron chi connectivity index (χ4n) is 5.25. The van der Waals surface area contributed by atoms with Crippen molar-refractivity contribution >= 4 is 83.7 Å². The van der Waals surface area contributed by atoms with Crippen LogP contribution in [0.4, 0.5) is 16.2 Å². The minimum absolute atomic E-state index is 0.0104. The first-order valence-electron chi connectivity index (χ1n) is 12.9. The number of imidazole rings is 1. The Labute approximate surface area is 260 Å². The molecule has 0 aliphatic carbocycles. The van der Waals surface area contributed by atoms with Crippen LogP contribution in [-0.2, 0) is 46.4 Å². The normalized spacial score (nSPS) is 37.7. The molecule has 0 aromatic carbocycles. The Bertz CT molecular complexity index is 1840. The minimum Gasteiger partial charge on any atom is -0.369 e. The number of rotatable bonds is 2. The fourth-order valence-corrected chi connectivity index (χ4v) is 9.82. The van der Waals surface area contributed by atoms with E-state index in [9.17, 15) is 19.4 Å². The zero-order valence-electron chi connectivity index (χ0n) is 22.0. The molecule has 0 saturated carbocycles. The number of H-pyrrole nitrogens is 1. The molecule has 2 unspecified atom stereocenters. The largest absolute Gasteiger partial charge is 0.369 e. The molecule has 3 saturated heterocycles. The van der Waals surface area contributed by atoms with Crippen molar-refractivity contribution in [2.45, 2.75) is 54.2 Å². The number of carbonyl (C=O) groups excluding carboxylic acids is 1. The number of fused-ring (bicyclic) bond motifs is 5. The SMILES string of the molecule is Nc1nc2c(ncn2[C@@H]2S[C@@H]3COP(O)(=S)O[C@H]4[C@H](F)[C@H](n5nnc6c5N=CCC6=O)O[C@@H]4COP(O)(=S)O[C@@H]2C3)c(=O)[nH]1. The Hall–Kier alpha value is -2.07. The number of anilines is 1. The van der Waals surface area contributed by atoms with Crippen LogP contribution in [0.15, 0.2) is 16.1 Å². The monoisotopic (exact) mass is 709 g/mol. The zero-order chi connectivity index (χ0) is 31.0. The maximum Gasteiger partial charge on any atom is 0.325 e.